The summed E-state index contributed by atoms with van der Waals surface area (Å²) in [7, 11) is -3.54. The lowest BCUT2D eigenvalue weighted by molar-refractivity contribution is -0.153. The predicted octanol–water partition coefficient (Wildman–Crippen LogP) is 0.0295. The second-order valence-electron chi connectivity index (χ2n) is 6.83. The fourth-order valence-electron chi connectivity index (χ4n) is 2.51. The van der Waals surface area contributed by atoms with Crippen LogP contribution in [0.25, 0.3) is 0 Å². The van der Waals surface area contributed by atoms with Crippen molar-refractivity contribution in [2.45, 2.75) is 46.2 Å². The fourth-order valence-corrected chi connectivity index (χ4v) is 3.34. The molecule has 1 rings (SSSR count). The van der Waals surface area contributed by atoms with Crippen molar-refractivity contribution in [1.82, 2.24) is 14.5 Å². The van der Waals surface area contributed by atoms with E-state index >= 15 is 0 Å². The van der Waals surface area contributed by atoms with Crippen LogP contribution in [-0.2, 0) is 19.6 Å². The monoisotopic (exact) mass is 333 g/mol. The third-order valence-electron chi connectivity index (χ3n) is 3.62. The van der Waals surface area contributed by atoms with E-state index < -0.39 is 15.6 Å². The molecule has 1 unspecified atom stereocenters. The van der Waals surface area contributed by atoms with Crippen molar-refractivity contribution in [3.8, 4) is 0 Å². The van der Waals surface area contributed by atoms with Gasteiger partial charge in [-0.05, 0) is 26.7 Å². The Hall–Kier alpha value is -1.15. The average Bonchev–Trinajstić information content (AvgIpc) is 2.31. The average molecular weight is 333 g/mol. The van der Waals surface area contributed by atoms with Gasteiger partial charge in [0.15, 0.2) is 0 Å². The van der Waals surface area contributed by atoms with Gasteiger partial charge in [0.05, 0.1) is 12.8 Å². The van der Waals surface area contributed by atoms with E-state index in [1.54, 1.807) is 6.92 Å². The minimum Gasteiger partial charge on any atom is -0.352 e. The van der Waals surface area contributed by atoms with Gasteiger partial charge >= 0.3 is 0 Å². The molecule has 0 saturated carbocycles. The zero-order valence-electron chi connectivity index (χ0n) is 14.2. The molecule has 0 aliphatic carbocycles. The fraction of sp³-hybridized carbons (Fsp3) is 0.857. The van der Waals surface area contributed by atoms with Crippen molar-refractivity contribution in [1.29, 1.82) is 0 Å². The summed E-state index contributed by atoms with van der Waals surface area (Å²) < 4.78 is 24.7. The number of sulfonamides is 1. The second kappa shape index (κ2) is 6.54. The van der Waals surface area contributed by atoms with Gasteiger partial charge in [0.1, 0.15) is 5.54 Å². The zero-order chi connectivity index (χ0) is 17.3. The summed E-state index contributed by atoms with van der Waals surface area (Å²) in [5.41, 5.74) is -1.20. The first-order chi connectivity index (χ1) is 9.87. The Balaban J connectivity index is 3.21. The van der Waals surface area contributed by atoms with Gasteiger partial charge in [-0.2, -0.15) is 4.31 Å². The third kappa shape index (κ3) is 4.19. The topological polar surface area (TPSA) is 86.8 Å². The van der Waals surface area contributed by atoms with Gasteiger partial charge in [0.2, 0.25) is 21.8 Å². The highest BCUT2D eigenvalue weighted by Gasteiger charge is 2.49. The van der Waals surface area contributed by atoms with Crippen LogP contribution in [0.15, 0.2) is 0 Å². The van der Waals surface area contributed by atoms with E-state index in [-0.39, 0.29) is 36.9 Å². The normalized spacial score (nSPS) is 24.2. The van der Waals surface area contributed by atoms with Gasteiger partial charge in [0.25, 0.3) is 0 Å². The molecule has 1 atom stereocenters. The molecule has 0 aromatic heterocycles. The molecule has 8 heteroatoms. The van der Waals surface area contributed by atoms with Gasteiger partial charge in [-0.25, -0.2) is 8.42 Å². The lowest BCUT2D eigenvalue weighted by Gasteiger charge is -2.47. The first kappa shape index (κ1) is 18.9. The molecule has 128 valence electrons. The van der Waals surface area contributed by atoms with Crippen LogP contribution in [0, 0.1) is 5.92 Å². The molecule has 7 nitrogen and oxygen atoms in total. The molecule has 0 radical (unpaired) electrons. The van der Waals surface area contributed by atoms with Crippen molar-refractivity contribution in [2.75, 3.05) is 25.9 Å². The maximum Gasteiger partial charge on any atom is 0.247 e. The van der Waals surface area contributed by atoms with E-state index in [9.17, 15) is 18.0 Å². The van der Waals surface area contributed by atoms with Gasteiger partial charge in [0, 0.05) is 19.1 Å². The van der Waals surface area contributed by atoms with Crippen molar-refractivity contribution in [3.05, 3.63) is 0 Å². The molecular formula is C14H27N3O4S. The molecule has 1 heterocycles. The SMILES string of the molecule is CC(C)CN1C(=O)CN(S(C)(=O)=O)CC1(C)C(=O)NC(C)C. The van der Waals surface area contributed by atoms with Crippen LogP contribution in [0.2, 0.25) is 0 Å². The smallest absolute Gasteiger partial charge is 0.247 e. The quantitative estimate of drug-likeness (QED) is 0.769. The summed E-state index contributed by atoms with van der Waals surface area (Å²) in [6, 6.07) is -0.0889. The van der Waals surface area contributed by atoms with Crippen molar-refractivity contribution >= 4 is 21.8 Å². The summed E-state index contributed by atoms with van der Waals surface area (Å²) in [5, 5.41) is 2.79. The van der Waals surface area contributed by atoms with Crippen molar-refractivity contribution in [2.24, 2.45) is 5.92 Å². The molecule has 1 saturated heterocycles. The third-order valence-corrected chi connectivity index (χ3v) is 4.81. The predicted molar refractivity (Wildman–Crippen MR) is 84.7 cm³/mol. The molecule has 1 aliphatic heterocycles. The molecule has 0 aromatic rings. The van der Waals surface area contributed by atoms with Crippen molar-refractivity contribution in [3.63, 3.8) is 0 Å². The molecule has 2 amide bonds. The molecule has 1 fully saturated rings. The summed E-state index contributed by atoms with van der Waals surface area (Å²) >= 11 is 0. The maximum absolute atomic E-state index is 12.6. The van der Waals surface area contributed by atoms with Crippen LogP contribution >= 0.6 is 0 Å². The Kier molecular flexibility index (Phi) is 5.61. The number of piperazine rings is 1. The second-order valence-corrected chi connectivity index (χ2v) is 8.81. The lowest BCUT2D eigenvalue weighted by atomic mass is 9.94. The largest absolute Gasteiger partial charge is 0.352 e. The summed E-state index contributed by atoms with van der Waals surface area (Å²) in [4.78, 5) is 26.6. The van der Waals surface area contributed by atoms with Crippen molar-refractivity contribution < 1.29 is 18.0 Å². The number of hydrogen-bond donors (Lipinski definition) is 1. The molecule has 0 aromatic carbocycles. The summed E-state index contributed by atoms with van der Waals surface area (Å²) in [5.74, 6) is -0.489. The van der Waals surface area contributed by atoms with Gasteiger partial charge < -0.3 is 10.2 Å². The van der Waals surface area contributed by atoms with E-state index in [4.69, 9.17) is 0 Å². The highest BCUT2D eigenvalue weighted by Crippen LogP contribution is 2.25. The van der Waals surface area contributed by atoms with E-state index in [1.807, 2.05) is 27.7 Å². The summed E-state index contributed by atoms with van der Waals surface area (Å²) in [6.07, 6.45) is 1.05. The number of rotatable bonds is 5. The van der Waals surface area contributed by atoms with Crippen LogP contribution in [0.5, 0.6) is 0 Å². The highest BCUT2D eigenvalue weighted by atomic mass is 32.2. The number of amides is 2. The Labute approximate surface area is 133 Å². The minimum absolute atomic E-state index is 0.0250. The van der Waals surface area contributed by atoms with E-state index in [2.05, 4.69) is 5.32 Å². The molecule has 1 N–H and O–H groups in total. The Morgan fingerprint density at radius 2 is 1.86 bits per heavy atom. The highest BCUT2D eigenvalue weighted by molar-refractivity contribution is 7.88. The molecule has 0 spiro atoms. The van der Waals surface area contributed by atoms with Gasteiger partial charge in [-0.1, -0.05) is 13.8 Å². The molecule has 1 aliphatic rings. The molecular weight excluding hydrogens is 306 g/mol. The van der Waals surface area contributed by atoms with E-state index in [0.29, 0.717) is 6.54 Å². The summed E-state index contributed by atoms with van der Waals surface area (Å²) in [6.45, 7) is 9.37. The molecule has 22 heavy (non-hydrogen) atoms. The number of carbonyl (C=O) groups excluding carboxylic acids is 2. The van der Waals surface area contributed by atoms with Crippen LogP contribution in [-0.4, -0.2) is 66.9 Å². The van der Waals surface area contributed by atoms with Gasteiger partial charge in [-0.3, -0.25) is 9.59 Å². The zero-order valence-corrected chi connectivity index (χ0v) is 15.0. The number of carbonyl (C=O) groups is 2. The first-order valence-corrected chi connectivity index (χ1v) is 9.29. The lowest BCUT2D eigenvalue weighted by Crippen LogP contribution is -2.70. The van der Waals surface area contributed by atoms with Crippen LogP contribution < -0.4 is 5.32 Å². The first-order valence-electron chi connectivity index (χ1n) is 7.44. The maximum atomic E-state index is 12.6. The van der Waals surface area contributed by atoms with Crippen LogP contribution in [0.3, 0.4) is 0 Å². The Bertz CT molecular complexity index is 544. The van der Waals surface area contributed by atoms with E-state index in [0.717, 1.165) is 10.6 Å². The number of hydrogen-bond acceptors (Lipinski definition) is 4. The Morgan fingerprint density at radius 3 is 2.27 bits per heavy atom. The molecule has 0 bridgehead atoms. The number of nitrogens with zero attached hydrogens (tertiary/aromatic N) is 2. The number of nitrogens with one attached hydrogen (secondary N) is 1. The Morgan fingerprint density at radius 1 is 1.32 bits per heavy atom. The minimum atomic E-state index is -3.54. The van der Waals surface area contributed by atoms with Crippen LogP contribution in [0.1, 0.15) is 34.6 Å². The standard InChI is InChI=1S/C14H27N3O4S/c1-10(2)7-17-12(18)8-16(22(6,20)21)9-14(17,5)13(19)15-11(3)4/h10-11H,7-9H2,1-6H3,(H,15,19). The van der Waals surface area contributed by atoms with Gasteiger partial charge in [-0.15, -0.1) is 0 Å². The van der Waals surface area contributed by atoms with E-state index in [1.165, 1.54) is 4.90 Å². The van der Waals surface area contributed by atoms with Crippen LogP contribution in [0.4, 0.5) is 0 Å².